The van der Waals surface area contributed by atoms with Gasteiger partial charge in [0.2, 0.25) is 0 Å². The number of thiazole rings is 1. The molecule has 3 rings (SSSR count). The Kier molecular flexibility index (Phi) is 3.91. The number of benzene rings is 1. The van der Waals surface area contributed by atoms with Crippen molar-refractivity contribution < 1.29 is 9.53 Å². The predicted octanol–water partition coefficient (Wildman–Crippen LogP) is 3.34. The molecule has 4 nitrogen and oxygen atoms in total. The highest BCUT2D eigenvalue weighted by Crippen LogP contribution is 2.24. The first-order valence-electron chi connectivity index (χ1n) is 7.39. The molecular formula is C17H20N2O2S. The lowest BCUT2D eigenvalue weighted by atomic mass is 9.86. The number of aromatic nitrogens is 1. The van der Waals surface area contributed by atoms with Crippen LogP contribution in [0.15, 0.2) is 35.8 Å². The van der Waals surface area contributed by atoms with E-state index in [4.69, 9.17) is 4.74 Å². The van der Waals surface area contributed by atoms with Gasteiger partial charge in [0.05, 0.1) is 13.1 Å². The third-order valence-corrected chi connectivity index (χ3v) is 4.47. The van der Waals surface area contributed by atoms with Gasteiger partial charge in [-0.1, -0.05) is 44.2 Å². The zero-order valence-electron chi connectivity index (χ0n) is 13.1. The fourth-order valence-corrected chi connectivity index (χ4v) is 2.94. The number of amides is 1. The quantitative estimate of drug-likeness (QED) is 0.872. The Balaban J connectivity index is 1.57. The fraction of sp³-hybridized carbons (Fsp3) is 0.412. The van der Waals surface area contributed by atoms with Crippen LogP contribution in [0.1, 0.15) is 36.7 Å². The second kappa shape index (κ2) is 5.72. The minimum atomic E-state index is 0.0592. The van der Waals surface area contributed by atoms with Gasteiger partial charge in [0.1, 0.15) is 6.10 Å². The summed E-state index contributed by atoms with van der Waals surface area (Å²) in [4.78, 5) is 18.3. The van der Waals surface area contributed by atoms with Gasteiger partial charge in [-0.2, -0.15) is 0 Å². The highest BCUT2D eigenvalue weighted by molar-refractivity contribution is 7.11. The highest BCUT2D eigenvalue weighted by Gasteiger charge is 2.33. The molecule has 1 amide bonds. The summed E-state index contributed by atoms with van der Waals surface area (Å²) in [5.74, 6) is 0.0689. The van der Waals surface area contributed by atoms with Gasteiger partial charge in [-0.15, -0.1) is 0 Å². The predicted molar refractivity (Wildman–Crippen MR) is 87.6 cm³/mol. The first-order valence-corrected chi connectivity index (χ1v) is 8.27. The normalized spacial score (nSPS) is 15.5. The van der Waals surface area contributed by atoms with Gasteiger partial charge in [0.25, 0.3) is 11.1 Å². The van der Waals surface area contributed by atoms with Gasteiger partial charge in [0, 0.05) is 17.1 Å². The topological polar surface area (TPSA) is 42.4 Å². The number of ether oxygens (including phenoxy) is 1. The molecule has 0 N–H and O–H groups in total. The first kappa shape index (κ1) is 15.0. The van der Waals surface area contributed by atoms with E-state index in [9.17, 15) is 4.79 Å². The molecule has 0 unspecified atom stereocenters. The largest absolute Gasteiger partial charge is 0.463 e. The standard InChI is InChI=1S/C17H20N2O2S/c1-17(2,3)13-6-4-12(5-7-13)15(20)19-10-14(11-19)21-16-18-8-9-22-16/h4-9,14H,10-11H2,1-3H3. The minimum Gasteiger partial charge on any atom is -0.463 e. The molecule has 1 saturated heterocycles. The molecule has 0 bridgehead atoms. The molecule has 0 radical (unpaired) electrons. The van der Waals surface area contributed by atoms with Crippen LogP contribution in [0.5, 0.6) is 5.19 Å². The van der Waals surface area contributed by atoms with Crippen LogP contribution in [0.4, 0.5) is 0 Å². The van der Waals surface area contributed by atoms with E-state index in [0.717, 1.165) is 5.56 Å². The minimum absolute atomic E-state index is 0.0592. The van der Waals surface area contributed by atoms with Crippen LogP contribution < -0.4 is 4.74 Å². The third-order valence-electron chi connectivity index (χ3n) is 3.81. The Labute approximate surface area is 134 Å². The molecule has 0 aliphatic carbocycles. The Hall–Kier alpha value is -1.88. The van der Waals surface area contributed by atoms with Gasteiger partial charge in [-0.25, -0.2) is 4.98 Å². The molecule has 1 aromatic heterocycles. The van der Waals surface area contributed by atoms with Crippen molar-refractivity contribution in [2.24, 2.45) is 0 Å². The Morgan fingerprint density at radius 3 is 2.50 bits per heavy atom. The van der Waals surface area contributed by atoms with Crippen molar-refractivity contribution in [1.82, 2.24) is 9.88 Å². The van der Waals surface area contributed by atoms with Gasteiger partial charge in [0.15, 0.2) is 0 Å². The van der Waals surface area contributed by atoms with Crippen LogP contribution in [-0.4, -0.2) is 35.0 Å². The number of rotatable bonds is 3. The molecule has 1 aliphatic rings. The highest BCUT2D eigenvalue weighted by atomic mass is 32.1. The van der Waals surface area contributed by atoms with E-state index < -0.39 is 0 Å². The Bertz CT molecular complexity index is 638. The summed E-state index contributed by atoms with van der Waals surface area (Å²) in [5.41, 5.74) is 2.07. The first-order chi connectivity index (χ1) is 10.4. The maximum atomic E-state index is 12.4. The lowest BCUT2D eigenvalue weighted by Crippen LogP contribution is -2.56. The molecule has 1 aliphatic heterocycles. The Morgan fingerprint density at radius 2 is 1.95 bits per heavy atom. The van der Waals surface area contributed by atoms with Crippen molar-refractivity contribution in [3.63, 3.8) is 0 Å². The molecule has 0 saturated carbocycles. The van der Waals surface area contributed by atoms with Crippen LogP contribution in [-0.2, 0) is 5.41 Å². The maximum Gasteiger partial charge on any atom is 0.273 e. The van der Waals surface area contributed by atoms with Crippen LogP contribution in [0.25, 0.3) is 0 Å². The average Bonchev–Trinajstić information content (AvgIpc) is 2.94. The van der Waals surface area contributed by atoms with Crippen LogP contribution >= 0.6 is 11.3 Å². The number of nitrogens with zero attached hydrogens (tertiary/aromatic N) is 2. The zero-order chi connectivity index (χ0) is 15.7. The van der Waals surface area contributed by atoms with Crippen LogP contribution in [0, 0.1) is 0 Å². The lowest BCUT2D eigenvalue weighted by Gasteiger charge is -2.38. The summed E-state index contributed by atoms with van der Waals surface area (Å²) in [6.45, 7) is 7.75. The van der Waals surface area contributed by atoms with E-state index >= 15 is 0 Å². The van der Waals surface area contributed by atoms with Crippen molar-refractivity contribution in [2.75, 3.05) is 13.1 Å². The van der Waals surface area contributed by atoms with Crippen molar-refractivity contribution in [3.05, 3.63) is 47.0 Å². The summed E-state index contributed by atoms with van der Waals surface area (Å²) < 4.78 is 5.68. The molecule has 22 heavy (non-hydrogen) atoms. The van der Waals surface area contributed by atoms with E-state index in [2.05, 4.69) is 25.8 Å². The zero-order valence-corrected chi connectivity index (χ0v) is 13.9. The second-order valence-electron chi connectivity index (χ2n) is 6.58. The maximum absolute atomic E-state index is 12.4. The number of hydrogen-bond donors (Lipinski definition) is 0. The lowest BCUT2D eigenvalue weighted by molar-refractivity contribution is 0.0177. The van der Waals surface area contributed by atoms with E-state index in [1.807, 2.05) is 34.5 Å². The van der Waals surface area contributed by atoms with E-state index in [1.54, 1.807) is 6.20 Å². The summed E-state index contributed by atoms with van der Waals surface area (Å²) >= 11 is 1.47. The third kappa shape index (κ3) is 3.14. The Morgan fingerprint density at radius 1 is 1.27 bits per heavy atom. The number of carbonyl (C=O) groups is 1. The summed E-state index contributed by atoms with van der Waals surface area (Å²) in [7, 11) is 0. The molecule has 116 valence electrons. The molecule has 1 aromatic carbocycles. The van der Waals surface area contributed by atoms with Gasteiger partial charge in [-0.3, -0.25) is 4.79 Å². The van der Waals surface area contributed by atoms with Crippen molar-refractivity contribution in [1.29, 1.82) is 0 Å². The number of carbonyl (C=O) groups excluding carboxylic acids is 1. The molecule has 5 heteroatoms. The fourth-order valence-electron chi connectivity index (χ4n) is 2.39. The SMILES string of the molecule is CC(C)(C)c1ccc(C(=O)N2CC(Oc3nccs3)C2)cc1. The average molecular weight is 316 g/mol. The molecule has 2 aromatic rings. The molecular weight excluding hydrogens is 296 g/mol. The smallest absolute Gasteiger partial charge is 0.273 e. The van der Waals surface area contributed by atoms with E-state index in [0.29, 0.717) is 18.3 Å². The summed E-state index contributed by atoms with van der Waals surface area (Å²) in [6.07, 6.45) is 1.78. The van der Waals surface area contributed by atoms with Crippen molar-refractivity contribution in [2.45, 2.75) is 32.3 Å². The number of likely N-dealkylation sites (tertiary alicyclic amines) is 1. The van der Waals surface area contributed by atoms with E-state index in [-0.39, 0.29) is 17.4 Å². The van der Waals surface area contributed by atoms with Gasteiger partial charge >= 0.3 is 0 Å². The van der Waals surface area contributed by atoms with Crippen LogP contribution in [0.2, 0.25) is 0 Å². The molecule has 1 fully saturated rings. The van der Waals surface area contributed by atoms with Gasteiger partial charge in [-0.05, 0) is 23.1 Å². The molecule has 0 spiro atoms. The van der Waals surface area contributed by atoms with Crippen LogP contribution in [0.3, 0.4) is 0 Å². The molecule has 2 heterocycles. The summed E-state index contributed by atoms with van der Waals surface area (Å²) in [5, 5.41) is 2.56. The van der Waals surface area contributed by atoms with E-state index in [1.165, 1.54) is 16.9 Å². The molecule has 0 atom stereocenters. The monoisotopic (exact) mass is 316 g/mol. The van der Waals surface area contributed by atoms with Gasteiger partial charge < -0.3 is 9.64 Å². The van der Waals surface area contributed by atoms with Crippen molar-refractivity contribution in [3.8, 4) is 5.19 Å². The van der Waals surface area contributed by atoms with Crippen molar-refractivity contribution >= 4 is 17.2 Å². The number of hydrogen-bond acceptors (Lipinski definition) is 4. The second-order valence-corrected chi connectivity index (χ2v) is 7.43. The summed E-state index contributed by atoms with van der Waals surface area (Å²) in [6, 6.07) is 7.91.